The van der Waals surface area contributed by atoms with Gasteiger partial charge in [0.2, 0.25) is 0 Å². The first-order chi connectivity index (χ1) is 7.91. The van der Waals surface area contributed by atoms with Crippen molar-refractivity contribution in [3.63, 3.8) is 0 Å². The highest BCUT2D eigenvalue weighted by Crippen LogP contribution is 2.16. The number of rotatable bonds is 4. The number of carboxylic acid groups (broad SMARTS) is 1. The fourth-order valence-corrected chi connectivity index (χ4v) is 1.02. The molecular weight excluding hydrogens is 230 g/mol. The highest BCUT2D eigenvalue weighted by Gasteiger charge is 2.11. The van der Waals surface area contributed by atoms with Gasteiger partial charge < -0.3 is 10.2 Å². The molecule has 17 heavy (non-hydrogen) atoms. The second-order valence-electron chi connectivity index (χ2n) is 3.00. The van der Waals surface area contributed by atoms with Crippen LogP contribution in [0.1, 0.15) is 5.56 Å². The third-order valence-electron chi connectivity index (χ3n) is 1.85. The second kappa shape index (κ2) is 4.88. The molecule has 0 unspecified atom stereocenters. The lowest BCUT2D eigenvalue weighted by Crippen LogP contribution is -2.09. The normalized spacial score (nSPS) is 10.9. The lowest BCUT2D eigenvalue weighted by molar-refractivity contribution is -0.384. The van der Waals surface area contributed by atoms with Crippen molar-refractivity contribution in [2.45, 2.75) is 0 Å². The summed E-state index contributed by atoms with van der Waals surface area (Å²) in [6, 6.07) is 4.67. The van der Waals surface area contributed by atoms with Crippen LogP contribution in [0.4, 0.5) is 5.69 Å². The Kier molecular flexibility index (Phi) is 3.55. The van der Waals surface area contributed by atoms with E-state index in [2.05, 4.69) is 0 Å². The van der Waals surface area contributed by atoms with Gasteiger partial charge in [-0.25, -0.2) is 4.79 Å². The van der Waals surface area contributed by atoms with E-state index in [0.717, 1.165) is 12.1 Å². The van der Waals surface area contributed by atoms with Gasteiger partial charge in [0, 0.05) is 23.8 Å². The van der Waals surface area contributed by atoms with Crippen molar-refractivity contribution in [2.75, 3.05) is 0 Å². The minimum absolute atomic E-state index is 0.116. The first-order valence-electron chi connectivity index (χ1n) is 4.34. The highest BCUT2D eigenvalue weighted by atomic mass is 16.6. The van der Waals surface area contributed by atoms with Crippen LogP contribution < -0.4 is 0 Å². The van der Waals surface area contributed by atoms with E-state index >= 15 is 0 Å². The van der Waals surface area contributed by atoms with Crippen molar-refractivity contribution >= 4 is 23.2 Å². The van der Waals surface area contributed by atoms with Crippen LogP contribution >= 0.6 is 0 Å². The highest BCUT2D eigenvalue weighted by molar-refractivity contribution is 6.38. The number of carbonyl (C=O) groups is 2. The monoisotopic (exact) mass is 237 g/mol. The second-order valence-corrected chi connectivity index (χ2v) is 3.00. The number of carbonyl (C=O) groups excluding carboxylic acids is 1. The average molecular weight is 237 g/mol. The number of hydrogen-bond donors (Lipinski definition) is 2. The Morgan fingerprint density at radius 1 is 1.18 bits per heavy atom. The van der Waals surface area contributed by atoms with Gasteiger partial charge >= 0.3 is 5.97 Å². The fraction of sp³-hybridized carbons (Fsp3) is 0. The standard InChI is InChI=1S/C10H7NO6/c12-8(5-9(13)10(14)15)6-1-3-7(4-2-6)11(16)17/h1-5,12H,(H,14,15). The van der Waals surface area contributed by atoms with Gasteiger partial charge in [0.05, 0.1) is 4.92 Å². The molecule has 2 N–H and O–H groups in total. The molecule has 1 aromatic carbocycles. The summed E-state index contributed by atoms with van der Waals surface area (Å²) in [4.78, 5) is 30.7. The van der Waals surface area contributed by atoms with Gasteiger partial charge in [0.25, 0.3) is 11.5 Å². The third kappa shape index (κ3) is 3.13. The molecule has 7 heteroatoms. The van der Waals surface area contributed by atoms with Crippen LogP contribution in [0.5, 0.6) is 0 Å². The number of aliphatic hydroxyl groups excluding tert-OH is 1. The molecule has 88 valence electrons. The number of carboxylic acids is 1. The maximum absolute atomic E-state index is 10.8. The molecular formula is C10H7NO6. The number of hydrogen-bond acceptors (Lipinski definition) is 5. The van der Waals surface area contributed by atoms with E-state index in [4.69, 9.17) is 5.11 Å². The smallest absolute Gasteiger partial charge is 0.376 e. The van der Waals surface area contributed by atoms with Gasteiger partial charge in [-0.15, -0.1) is 0 Å². The van der Waals surface area contributed by atoms with Crippen LogP contribution in [0, 0.1) is 10.1 Å². The van der Waals surface area contributed by atoms with Crippen LogP contribution in [0.25, 0.3) is 5.76 Å². The van der Waals surface area contributed by atoms with Crippen molar-refractivity contribution in [1.82, 2.24) is 0 Å². The Balaban J connectivity index is 2.97. The van der Waals surface area contributed by atoms with E-state index in [1.807, 2.05) is 0 Å². The molecule has 1 aromatic rings. The Bertz CT molecular complexity index is 502. The summed E-state index contributed by atoms with van der Waals surface area (Å²) in [6.07, 6.45) is 0.531. The van der Waals surface area contributed by atoms with Crippen LogP contribution in [-0.4, -0.2) is 26.9 Å². The van der Waals surface area contributed by atoms with E-state index in [9.17, 15) is 24.8 Å². The molecule has 1 rings (SSSR count). The molecule has 0 spiro atoms. The molecule has 0 heterocycles. The fourth-order valence-electron chi connectivity index (χ4n) is 1.02. The van der Waals surface area contributed by atoms with E-state index < -0.39 is 22.4 Å². The Labute approximate surface area is 94.8 Å². The Hall–Kier alpha value is -2.70. The number of aliphatic hydroxyl groups is 1. The number of benzene rings is 1. The zero-order valence-corrected chi connectivity index (χ0v) is 8.36. The number of non-ortho nitro benzene ring substituents is 1. The maximum Gasteiger partial charge on any atom is 0.376 e. The van der Waals surface area contributed by atoms with E-state index in [1.54, 1.807) is 0 Å². The zero-order valence-electron chi connectivity index (χ0n) is 8.36. The molecule has 0 aliphatic rings. The predicted octanol–water partition coefficient (Wildman–Crippen LogP) is 1.15. The van der Waals surface area contributed by atoms with Gasteiger partial charge in [-0.1, -0.05) is 0 Å². The molecule has 0 saturated carbocycles. The topological polar surface area (TPSA) is 118 Å². The lowest BCUT2D eigenvalue weighted by atomic mass is 10.1. The van der Waals surface area contributed by atoms with Gasteiger partial charge in [-0.3, -0.25) is 14.9 Å². The first-order valence-corrected chi connectivity index (χ1v) is 4.34. The minimum atomic E-state index is -1.70. The van der Waals surface area contributed by atoms with E-state index in [0.29, 0.717) is 6.08 Å². The SMILES string of the molecule is O=C(O)C(=O)C=C(O)c1ccc([N+](=O)[O-])cc1. The quantitative estimate of drug-likeness (QED) is 0.266. The molecule has 7 nitrogen and oxygen atoms in total. The van der Waals surface area contributed by atoms with Crippen LogP contribution in [0.2, 0.25) is 0 Å². The molecule has 0 radical (unpaired) electrons. The number of aliphatic carboxylic acids is 1. The summed E-state index contributed by atoms with van der Waals surface area (Å²) in [5, 5.41) is 28.0. The Morgan fingerprint density at radius 2 is 1.71 bits per heavy atom. The van der Waals surface area contributed by atoms with Crippen molar-refractivity contribution in [3.8, 4) is 0 Å². The van der Waals surface area contributed by atoms with Crippen LogP contribution in [0.15, 0.2) is 30.3 Å². The largest absolute Gasteiger partial charge is 0.507 e. The molecule has 0 fully saturated rings. The summed E-state index contributed by atoms with van der Waals surface area (Å²) in [6.45, 7) is 0. The molecule has 0 atom stereocenters. The Morgan fingerprint density at radius 3 is 2.12 bits per heavy atom. The zero-order chi connectivity index (χ0) is 13.0. The predicted molar refractivity (Wildman–Crippen MR) is 56.3 cm³/mol. The number of ketones is 1. The summed E-state index contributed by atoms with van der Waals surface area (Å²) in [5.41, 5.74) is -0.0590. The summed E-state index contributed by atoms with van der Waals surface area (Å²) < 4.78 is 0. The van der Waals surface area contributed by atoms with Gasteiger partial charge in [0.15, 0.2) is 0 Å². The summed E-state index contributed by atoms with van der Waals surface area (Å²) >= 11 is 0. The van der Waals surface area contributed by atoms with Gasteiger partial charge in [-0.2, -0.15) is 0 Å². The molecule has 0 aromatic heterocycles. The first kappa shape index (κ1) is 12.4. The van der Waals surface area contributed by atoms with Crippen molar-refractivity contribution in [1.29, 1.82) is 0 Å². The van der Waals surface area contributed by atoms with Crippen LogP contribution in [0.3, 0.4) is 0 Å². The lowest BCUT2D eigenvalue weighted by Gasteiger charge is -1.98. The molecule has 0 aliphatic heterocycles. The minimum Gasteiger partial charge on any atom is -0.507 e. The summed E-state index contributed by atoms with van der Waals surface area (Å²) in [7, 11) is 0. The van der Waals surface area contributed by atoms with Crippen LogP contribution in [-0.2, 0) is 9.59 Å². The van der Waals surface area contributed by atoms with Gasteiger partial charge in [0.1, 0.15) is 5.76 Å². The average Bonchev–Trinajstić information content (AvgIpc) is 2.28. The third-order valence-corrected chi connectivity index (χ3v) is 1.85. The van der Waals surface area contributed by atoms with Crippen molar-refractivity contribution in [3.05, 3.63) is 46.0 Å². The van der Waals surface area contributed by atoms with Crippen molar-refractivity contribution < 1.29 is 24.7 Å². The number of nitro groups is 1. The van der Waals surface area contributed by atoms with Gasteiger partial charge in [-0.05, 0) is 12.1 Å². The maximum atomic E-state index is 10.8. The molecule has 0 amide bonds. The molecule has 0 saturated heterocycles. The van der Waals surface area contributed by atoms with E-state index in [1.165, 1.54) is 12.1 Å². The summed E-state index contributed by atoms with van der Waals surface area (Å²) in [5.74, 6) is -3.54. The number of nitro benzene ring substituents is 1. The van der Waals surface area contributed by atoms with Crippen molar-refractivity contribution in [2.24, 2.45) is 0 Å². The van der Waals surface area contributed by atoms with E-state index in [-0.39, 0.29) is 11.3 Å². The molecule has 0 aliphatic carbocycles. The number of nitrogens with zero attached hydrogens (tertiary/aromatic N) is 1. The molecule has 0 bridgehead atoms.